The van der Waals surface area contributed by atoms with Gasteiger partial charge in [0.2, 0.25) is 0 Å². The van der Waals surface area contributed by atoms with Crippen LogP contribution in [-0.4, -0.2) is 6.54 Å². The number of azide groups is 1. The van der Waals surface area contributed by atoms with Gasteiger partial charge in [-0.1, -0.05) is 35.5 Å². The van der Waals surface area contributed by atoms with Gasteiger partial charge in [-0.15, -0.1) is 0 Å². The number of benzene rings is 1. The summed E-state index contributed by atoms with van der Waals surface area (Å²) in [6.45, 7) is 0.486. The minimum Gasteiger partial charge on any atom is -0.398 e. The van der Waals surface area contributed by atoms with Gasteiger partial charge in [0.25, 0.3) is 0 Å². The number of hydrogen-bond acceptors (Lipinski definition) is 2. The topological polar surface area (TPSA) is 74.8 Å². The van der Waals surface area contributed by atoms with Crippen LogP contribution in [-0.2, 0) is 0 Å². The molecule has 4 nitrogen and oxygen atoms in total. The minimum atomic E-state index is 0.486. The molecule has 0 fully saturated rings. The molecule has 0 aliphatic carbocycles. The van der Waals surface area contributed by atoms with Crippen LogP contribution in [0.15, 0.2) is 35.5 Å². The van der Waals surface area contributed by atoms with Crippen molar-refractivity contribution in [3.05, 3.63) is 46.3 Å². The highest BCUT2D eigenvalue weighted by molar-refractivity contribution is 5.63. The highest BCUT2D eigenvalue weighted by atomic mass is 15.1. The summed E-state index contributed by atoms with van der Waals surface area (Å²) in [4.78, 5) is 2.66. The zero-order chi connectivity index (χ0) is 10.2. The maximum atomic E-state index is 8.04. The maximum Gasteiger partial charge on any atom is 0.0387 e. The van der Waals surface area contributed by atoms with Gasteiger partial charge in [-0.2, -0.15) is 0 Å². The Morgan fingerprint density at radius 3 is 2.93 bits per heavy atom. The molecule has 0 amide bonds. The first kappa shape index (κ1) is 10.2. The Morgan fingerprint density at radius 2 is 2.21 bits per heavy atom. The summed E-state index contributed by atoms with van der Waals surface area (Å²) in [5.41, 5.74) is 15.5. The monoisotopic (exact) mass is 188 g/mol. The second-order valence-electron chi connectivity index (χ2n) is 2.77. The summed E-state index contributed by atoms with van der Waals surface area (Å²) < 4.78 is 0. The normalized spacial score (nSPS) is 10.0. The average molecular weight is 188 g/mol. The first-order chi connectivity index (χ1) is 6.84. The van der Waals surface area contributed by atoms with Gasteiger partial charge in [-0.25, -0.2) is 0 Å². The van der Waals surface area contributed by atoms with Gasteiger partial charge in [0.05, 0.1) is 0 Å². The molecule has 4 heteroatoms. The maximum absolute atomic E-state index is 8.04. The second-order valence-corrected chi connectivity index (χ2v) is 2.77. The van der Waals surface area contributed by atoms with Crippen LogP contribution in [0.1, 0.15) is 12.0 Å². The molecule has 0 atom stereocenters. The van der Waals surface area contributed by atoms with Crippen LogP contribution in [0.5, 0.6) is 0 Å². The van der Waals surface area contributed by atoms with Crippen molar-refractivity contribution < 1.29 is 0 Å². The van der Waals surface area contributed by atoms with Crippen LogP contribution in [0, 0.1) is 0 Å². The predicted octanol–water partition coefficient (Wildman–Crippen LogP) is 2.98. The SMILES string of the molecule is [N-]=[N+]=NCCC=Cc1ccccc1N. The van der Waals surface area contributed by atoms with Crippen molar-refractivity contribution in [1.82, 2.24) is 0 Å². The lowest BCUT2D eigenvalue weighted by Gasteiger charge is -1.97. The molecule has 1 aromatic carbocycles. The second kappa shape index (κ2) is 5.67. The van der Waals surface area contributed by atoms with Crippen molar-refractivity contribution in [1.29, 1.82) is 0 Å². The zero-order valence-corrected chi connectivity index (χ0v) is 7.80. The van der Waals surface area contributed by atoms with Crippen molar-refractivity contribution in [2.45, 2.75) is 6.42 Å². The van der Waals surface area contributed by atoms with E-state index in [2.05, 4.69) is 10.0 Å². The van der Waals surface area contributed by atoms with Crippen LogP contribution >= 0.6 is 0 Å². The van der Waals surface area contributed by atoms with Crippen LogP contribution in [0.4, 0.5) is 5.69 Å². The molecule has 0 aromatic heterocycles. The van der Waals surface area contributed by atoms with Crippen LogP contribution in [0.2, 0.25) is 0 Å². The lowest BCUT2D eigenvalue weighted by atomic mass is 10.1. The van der Waals surface area contributed by atoms with Gasteiger partial charge in [-0.3, -0.25) is 0 Å². The molecule has 0 radical (unpaired) electrons. The highest BCUT2D eigenvalue weighted by Crippen LogP contribution is 2.12. The van der Waals surface area contributed by atoms with E-state index >= 15 is 0 Å². The van der Waals surface area contributed by atoms with E-state index in [9.17, 15) is 0 Å². The molecule has 0 heterocycles. The molecule has 0 spiro atoms. The summed E-state index contributed by atoms with van der Waals surface area (Å²) in [7, 11) is 0. The Hall–Kier alpha value is -1.93. The van der Waals surface area contributed by atoms with Crippen molar-refractivity contribution in [3.63, 3.8) is 0 Å². The third kappa shape index (κ3) is 3.21. The molecule has 0 saturated carbocycles. The van der Waals surface area contributed by atoms with E-state index < -0.39 is 0 Å². The number of nitrogens with zero attached hydrogens (tertiary/aromatic N) is 3. The summed E-state index contributed by atoms with van der Waals surface area (Å²) >= 11 is 0. The van der Waals surface area contributed by atoms with Gasteiger partial charge in [-0.05, 0) is 23.6 Å². The highest BCUT2D eigenvalue weighted by Gasteiger charge is 1.90. The van der Waals surface area contributed by atoms with E-state index in [0.29, 0.717) is 6.54 Å². The van der Waals surface area contributed by atoms with Gasteiger partial charge in [0.1, 0.15) is 0 Å². The average Bonchev–Trinajstić information content (AvgIpc) is 2.20. The number of rotatable bonds is 4. The standard InChI is InChI=1S/C10H12N4/c11-10-7-2-1-5-9(10)6-3-4-8-13-14-12/h1-3,5-7H,4,8,11H2. The fourth-order valence-corrected chi connectivity index (χ4v) is 1.05. The van der Waals surface area contributed by atoms with Gasteiger partial charge >= 0.3 is 0 Å². The third-order valence-electron chi connectivity index (χ3n) is 1.75. The molecule has 0 aliphatic heterocycles. The molecular weight excluding hydrogens is 176 g/mol. The Kier molecular flexibility index (Phi) is 4.11. The Balaban J connectivity index is 2.51. The fourth-order valence-electron chi connectivity index (χ4n) is 1.05. The summed E-state index contributed by atoms with van der Waals surface area (Å²) in [5, 5.41) is 3.42. The van der Waals surface area contributed by atoms with Crippen LogP contribution in [0.3, 0.4) is 0 Å². The van der Waals surface area contributed by atoms with Gasteiger partial charge in [0, 0.05) is 17.1 Å². The van der Waals surface area contributed by atoms with E-state index in [-0.39, 0.29) is 0 Å². The number of para-hydroxylation sites is 1. The Bertz CT molecular complexity index is 364. The molecule has 14 heavy (non-hydrogen) atoms. The number of anilines is 1. The van der Waals surface area contributed by atoms with Crippen molar-refractivity contribution in [2.24, 2.45) is 5.11 Å². The van der Waals surface area contributed by atoms with E-state index in [1.165, 1.54) is 0 Å². The largest absolute Gasteiger partial charge is 0.398 e. The number of nitrogen functional groups attached to an aromatic ring is 1. The lowest BCUT2D eigenvalue weighted by molar-refractivity contribution is 0.996. The van der Waals surface area contributed by atoms with E-state index in [0.717, 1.165) is 17.7 Å². The van der Waals surface area contributed by atoms with Crippen LogP contribution in [0.25, 0.3) is 16.5 Å². The van der Waals surface area contributed by atoms with Gasteiger partial charge < -0.3 is 5.73 Å². The van der Waals surface area contributed by atoms with E-state index in [1.54, 1.807) is 0 Å². The Morgan fingerprint density at radius 1 is 1.43 bits per heavy atom. The first-order valence-corrected chi connectivity index (χ1v) is 4.36. The molecule has 1 aromatic rings. The van der Waals surface area contributed by atoms with Crippen molar-refractivity contribution in [3.8, 4) is 0 Å². The molecule has 1 rings (SSSR count). The molecule has 0 unspecified atom stereocenters. The molecule has 0 aliphatic rings. The molecule has 72 valence electrons. The smallest absolute Gasteiger partial charge is 0.0387 e. The molecule has 0 bridgehead atoms. The van der Waals surface area contributed by atoms with Gasteiger partial charge in [0.15, 0.2) is 0 Å². The summed E-state index contributed by atoms with van der Waals surface area (Å²) in [6.07, 6.45) is 4.61. The third-order valence-corrected chi connectivity index (χ3v) is 1.75. The predicted molar refractivity (Wildman–Crippen MR) is 58.5 cm³/mol. The minimum absolute atomic E-state index is 0.486. The molecular formula is C10H12N4. The first-order valence-electron chi connectivity index (χ1n) is 4.36. The van der Waals surface area contributed by atoms with Crippen LogP contribution < -0.4 is 5.73 Å². The summed E-state index contributed by atoms with van der Waals surface area (Å²) in [6, 6.07) is 7.63. The lowest BCUT2D eigenvalue weighted by Crippen LogP contribution is -1.87. The quantitative estimate of drug-likeness (QED) is 0.255. The van der Waals surface area contributed by atoms with E-state index in [1.807, 2.05) is 36.4 Å². The van der Waals surface area contributed by atoms with Crippen molar-refractivity contribution in [2.75, 3.05) is 12.3 Å². The van der Waals surface area contributed by atoms with E-state index in [4.69, 9.17) is 11.3 Å². The Labute approximate surface area is 82.7 Å². The zero-order valence-electron chi connectivity index (χ0n) is 7.80. The number of hydrogen-bond donors (Lipinski definition) is 1. The van der Waals surface area contributed by atoms with Crippen molar-refractivity contribution >= 4 is 11.8 Å². The molecule has 2 N–H and O–H groups in total. The molecule has 0 saturated heterocycles. The number of nitrogens with two attached hydrogens (primary N) is 1. The fraction of sp³-hybridized carbons (Fsp3) is 0.200. The summed E-state index contributed by atoms with van der Waals surface area (Å²) in [5.74, 6) is 0.